The van der Waals surface area contributed by atoms with E-state index in [2.05, 4.69) is 20.4 Å². The Labute approximate surface area is 139 Å². The minimum Gasteiger partial charge on any atom is -0.396 e. The molecule has 4 aliphatic rings. The van der Waals surface area contributed by atoms with Crippen molar-refractivity contribution in [2.45, 2.75) is 71.0 Å². The van der Waals surface area contributed by atoms with Crippen LogP contribution in [0.2, 0.25) is 0 Å². The minimum absolute atomic E-state index is 0.0178. The molecule has 2 bridgehead atoms. The van der Waals surface area contributed by atoms with Crippen LogP contribution in [0.4, 0.5) is 0 Å². The van der Waals surface area contributed by atoms with E-state index >= 15 is 0 Å². The molecule has 0 aromatic rings. The highest BCUT2D eigenvalue weighted by Crippen LogP contribution is 2.71. The molecule has 4 rings (SSSR count). The van der Waals surface area contributed by atoms with Crippen molar-refractivity contribution in [3.8, 4) is 0 Å². The number of hydrogen-bond acceptors (Lipinski definition) is 3. The molecule has 130 valence electrons. The maximum Gasteiger partial charge on any atom is 0.0809 e. The molecule has 0 aromatic carbocycles. The Bertz CT molecular complexity index is 531. The van der Waals surface area contributed by atoms with E-state index in [0.717, 1.165) is 44.1 Å². The summed E-state index contributed by atoms with van der Waals surface area (Å²) >= 11 is 0. The molecule has 8 atom stereocenters. The number of rotatable bonds is 1. The van der Waals surface area contributed by atoms with Gasteiger partial charge in [0.25, 0.3) is 0 Å². The lowest BCUT2D eigenvalue weighted by Crippen LogP contribution is -2.62. The van der Waals surface area contributed by atoms with E-state index in [1.165, 1.54) is 6.42 Å². The van der Waals surface area contributed by atoms with Crippen LogP contribution in [0.15, 0.2) is 12.2 Å². The molecule has 4 fully saturated rings. The Morgan fingerprint density at radius 3 is 2.48 bits per heavy atom. The molecule has 23 heavy (non-hydrogen) atoms. The summed E-state index contributed by atoms with van der Waals surface area (Å²) in [5, 5.41) is 31.6. The molecule has 0 aliphatic heterocycles. The lowest BCUT2D eigenvalue weighted by atomic mass is 9.40. The van der Waals surface area contributed by atoms with Gasteiger partial charge in [-0.1, -0.05) is 20.4 Å². The van der Waals surface area contributed by atoms with E-state index in [-0.39, 0.29) is 23.5 Å². The largest absolute Gasteiger partial charge is 0.396 e. The van der Waals surface area contributed by atoms with Gasteiger partial charge < -0.3 is 15.3 Å². The van der Waals surface area contributed by atoms with Crippen LogP contribution in [0.25, 0.3) is 0 Å². The van der Waals surface area contributed by atoms with Crippen LogP contribution in [0.1, 0.15) is 58.8 Å². The van der Waals surface area contributed by atoms with Crippen LogP contribution in [0.5, 0.6) is 0 Å². The first-order valence-electron chi connectivity index (χ1n) is 9.45. The molecule has 0 aromatic heterocycles. The SMILES string of the molecule is C=C1[C@@H]2CC[C@H]3[C@]4(C)CC[C@@H](O)[C@](C)(CO)[C@H]4CC[C@]3(C2)[C@H]1O. The average molecular weight is 320 g/mol. The molecule has 0 unspecified atom stereocenters. The zero-order chi connectivity index (χ0) is 16.6. The third-order valence-corrected chi connectivity index (χ3v) is 8.89. The molecule has 0 heterocycles. The molecule has 3 N–H and O–H groups in total. The summed E-state index contributed by atoms with van der Waals surface area (Å²) < 4.78 is 0. The lowest BCUT2D eigenvalue weighted by molar-refractivity contribution is -0.209. The Morgan fingerprint density at radius 2 is 1.78 bits per heavy atom. The van der Waals surface area contributed by atoms with Gasteiger partial charge in [-0.3, -0.25) is 0 Å². The maximum absolute atomic E-state index is 11.0. The van der Waals surface area contributed by atoms with Gasteiger partial charge >= 0.3 is 0 Å². The van der Waals surface area contributed by atoms with Gasteiger partial charge in [0, 0.05) is 10.8 Å². The Morgan fingerprint density at radius 1 is 1.04 bits per heavy atom. The monoisotopic (exact) mass is 320 g/mol. The van der Waals surface area contributed by atoms with Gasteiger partial charge in [-0.15, -0.1) is 0 Å². The second-order valence-corrected chi connectivity index (χ2v) is 9.56. The number of aliphatic hydroxyl groups is 3. The summed E-state index contributed by atoms with van der Waals surface area (Å²) in [5.41, 5.74) is 0.817. The van der Waals surface area contributed by atoms with Crippen molar-refractivity contribution < 1.29 is 15.3 Å². The van der Waals surface area contributed by atoms with E-state index < -0.39 is 11.5 Å². The number of hydrogen-bond donors (Lipinski definition) is 3. The van der Waals surface area contributed by atoms with E-state index in [1.807, 2.05) is 0 Å². The van der Waals surface area contributed by atoms with E-state index in [4.69, 9.17) is 0 Å². The van der Waals surface area contributed by atoms with Crippen LogP contribution >= 0.6 is 0 Å². The quantitative estimate of drug-likeness (QED) is 0.651. The molecule has 0 amide bonds. The molecule has 1 spiro atoms. The fourth-order valence-electron chi connectivity index (χ4n) is 7.61. The van der Waals surface area contributed by atoms with Gasteiger partial charge in [0.2, 0.25) is 0 Å². The summed E-state index contributed by atoms with van der Waals surface area (Å²) in [6.45, 7) is 8.74. The summed E-state index contributed by atoms with van der Waals surface area (Å²) in [5.74, 6) is 1.36. The Hall–Kier alpha value is -0.380. The highest BCUT2D eigenvalue weighted by molar-refractivity contribution is 5.27. The fraction of sp³-hybridized carbons (Fsp3) is 0.900. The first kappa shape index (κ1) is 16.1. The molecule has 4 saturated carbocycles. The minimum atomic E-state index is -0.403. The van der Waals surface area contributed by atoms with Gasteiger partial charge in [-0.05, 0) is 73.7 Å². The van der Waals surface area contributed by atoms with Gasteiger partial charge in [0.1, 0.15) is 0 Å². The standard InChI is InChI=1S/C20H32O3/c1-12-13-4-5-15-18(2)8-7-16(22)19(3,11-21)14(18)6-9-20(15,10-13)17(12)23/h13-17,21-23H,1,4-11H2,2-3H3/t13-,14+,15+,16-,17+,18-,19-,20-/m1/s1. The molecule has 0 saturated heterocycles. The summed E-state index contributed by atoms with van der Waals surface area (Å²) in [4.78, 5) is 0. The third kappa shape index (κ3) is 1.77. The molecule has 3 nitrogen and oxygen atoms in total. The van der Waals surface area contributed by atoms with Crippen molar-refractivity contribution >= 4 is 0 Å². The van der Waals surface area contributed by atoms with Crippen molar-refractivity contribution in [2.24, 2.45) is 34.0 Å². The third-order valence-electron chi connectivity index (χ3n) is 8.89. The number of fused-ring (bicyclic) bond motifs is 3. The van der Waals surface area contributed by atoms with Crippen molar-refractivity contribution in [1.29, 1.82) is 0 Å². The highest BCUT2D eigenvalue weighted by Gasteiger charge is 2.67. The molecule has 0 radical (unpaired) electrons. The van der Waals surface area contributed by atoms with Gasteiger partial charge in [0.05, 0.1) is 18.8 Å². The average Bonchev–Trinajstić information content (AvgIpc) is 2.72. The van der Waals surface area contributed by atoms with E-state index in [9.17, 15) is 15.3 Å². The normalized spacial score (nSPS) is 58.7. The zero-order valence-corrected chi connectivity index (χ0v) is 14.6. The lowest BCUT2D eigenvalue weighted by Gasteiger charge is -2.65. The van der Waals surface area contributed by atoms with Gasteiger partial charge in [-0.2, -0.15) is 0 Å². The summed E-state index contributed by atoms with van der Waals surface area (Å²) in [6.07, 6.45) is 6.52. The fourth-order valence-corrected chi connectivity index (χ4v) is 7.61. The second-order valence-electron chi connectivity index (χ2n) is 9.56. The molecular formula is C20H32O3. The van der Waals surface area contributed by atoms with Crippen LogP contribution in [0.3, 0.4) is 0 Å². The predicted octanol–water partition coefficient (Wildman–Crippen LogP) is 2.89. The first-order valence-corrected chi connectivity index (χ1v) is 9.45. The zero-order valence-electron chi connectivity index (χ0n) is 14.6. The summed E-state index contributed by atoms with van der Waals surface area (Å²) in [6, 6.07) is 0. The second kappa shape index (κ2) is 4.83. The molecular weight excluding hydrogens is 288 g/mol. The topological polar surface area (TPSA) is 60.7 Å². The van der Waals surface area contributed by atoms with Crippen molar-refractivity contribution in [3.63, 3.8) is 0 Å². The van der Waals surface area contributed by atoms with E-state index in [1.54, 1.807) is 0 Å². The number of aliphatic hydroxyl groups excluding tert-OH is 3. The van der Waals surface area contributed by atoms with Crippen molar-refractivity contribution in [3.05, 3.63) is 12.2 Å². The smallest absolute Gasteiger partial charge is 0.0809 e. The van der Waals surface area contributed by atoms with Crippen LogP contribution in [0, 0.1) is 34.0 Å². The highest BCUT2D eigenvalue weighted by atomic mass is 16.3. The molecule has 3 heteroatoms. The van der Waals surface area contributed by atoms with Gasteiger partial charge in [-0.25, -0.2) is 0 Å². The maximum atomic E-state index is 11.0. The Balaban J connectivity index is 1.77. The Kier molecular flexibility index (Phi) is 3.38. The first-order chi connectivity index (χ1) is 10.8. The van der Waals surface area contributed by atoms with Crippen LogP contribution < -0.4 is 0 Å². The molecule has 4 aliphatic carbocycles. The van der Waals surface area contributed by atoms with Crippen molar-refractivity contribution in [2.75, 3.05) is 6.61 Å². The van der Waals surface area contributed by atoms with Crippen LogP contribution in [-0.4, -0.2) is 34.1 Å². The van der Waals surface area contributed by atoms with Crippen LogP contribution in [-0.2, 0) is 0 Å². The predicted molar refractivity (Wildman–Crippen MR) is 89.7 cm³/mol. The van der Waals surface area contributed by atoms with Crippen molar-refractivity contribution in [1.82, 2.24) is 0 Å². The summed E-state index contributed by atoms with van der Waals surface area (Å²) in [7, 11) is 0. The van der Waals surface area contributed by atoms with Gasteiger partial charge in [0.15, 0.2) is 0 Å². The van der Waals surface area contributed by atoms with E-state index in [0.29, 0.717) is 17.8 Å².